The van der Waals surface area contributed by atoms with E-state index in [0.29, 0.717) is 24.3 Å². The molecule has 0 unspecified atom stereocenters. The molecule has 0 aliphatic heterocycles. The Kier molecular flexibility index (Phi) is 6.63. The molecule has 3 aromatic rings. The second-order valence-corrected chi connectivity index (χ2v) is 8.97. The van der Waals surface area contributed by atoms with E-state index in [1.54, 1.807) is 10.9 Å². The van der Waals surface area contributed by atoms with Crippen molar-refractivity contribution in [2.75, 3.05) is 32.5 Å². The third kappa shape index (κ3) is 4.57. The molecule has 0 bridgehead atoms. The van der Waals surface area contributed by atoms with Crippen molar-refractivity contribution in [1.82, 2.24) is 29.4 Å². The summed E-state index contributed by atoms with van der Waals surface area (Å²) >= 11 is 0. The molecule has 10 nitrogen and oxygen atoms in total. The number of hydrogen-bond donors (Lipinski definition) is 2. The summed E-state index contributed by atoms with van der Waals surface area (Å²) in [6, 6.07) is 5.84. The Balaban J connectivity index is 1.62. The zero-order chi connectivity index (χ0) is 21.7. The maximum atomic E-state index is 12.4. The van der Waals surface area contributed by atoms with E-state index in [2.05, 4.69) is 32.6 Å². The van der Waals surface area contributed by atoms with Gasteiger partial charge in [-0.2, -0.15) is 5.10 Å². The van der Waals surface area contributed by atoms with Crippen molar-refractivity contribution in [3.05, 3.63) is 42.4 Å². The van der Waals surface area contributed by atoms with Crippen LogP contribution in [0.15, 0.2) is 41.7 Å². The molecule has 11 heteroatoms. The quantitative estimate of drug-likeness (QED) is 0.524. The molecule has 30 heavy (non-hydrogen) atoms. The van der Waals surface area contributed by atoms with Crippen molar-refractivity contribution >= 4 is 32.8 Å². The Morgan fingerprint density at radius 1 is 1.13 bits per heavy atom. The number of amides is 1. The molecule has 0 radical (unpaired) electrons. The van der Waals surface area contributed by atoms with E-state index >= 15 is 0 Å². The van der Waals surface area contributed by atoms with E-state index in [-0.39, 0.29) is 10.8 Å². The van der Waals surface area contributed by atoms with Gasteiger partial charge in [-0.1, -0.05) is 6.92 Å². The number of rotatable bonds is 9. The van der Waals surface area contributed by atoms with Gasteiger partial charge >= 0.3 is 0 Å². The third-order valence-electron chi connectivity index (χ3n) is 4.48. The van der Waals surface area contributed by atoms with Gasteiger partial charge in [0, 0.05) is 32.7 Å². The lowest BCUT2D eigenvalue weighted by Crippen LogP contribution is -2.27. The second kappa shape index (κ2) is 9.18. The Labute approximate surface area is 175 Å². The van der Waals surface area contributed by atoms with Crippen molar-refractivity contribution in [1.29, 1.82) is 0 Å². The largest absolute Gasteiger partial charge is 0.369 e. The summed E-state index contributed by atoms with van der Waals surface area (Å²) in [6.45, 7) is 3.66. The average molecular weight is 432 g/mol. The average Bonchev–Trinajstić information content (AvgIpc) is 3.16. The summed E-state index contributed by atoms with van der Waals surface area (Å²) in [7, 11) is -0.601. The van der Waals surface area contributed by atoms with E-state index in [9.17, 15) is 13.2 Å². The zero-order valence-corrected chi connectivity index (χ0v) is 18.0. The zero-order valence-electron chi connectivity index (χ0n) is 17.2. The minimum absolute atomic E-state index is 0.138. The molecule has 0 aliphatic carbocycles. The molecule has 0 atom stereocenters. The predicted octanol–water partition coefficient (Wildman–Crippen LogP) is 1.33. The normalized spacial score (nSPS) is 11.7. The Morgan fingerprint density at radius 2 is 1.87 bits per heavy atom. The highest BCUT2D eigenvalue weighted by atomic mass is 32.2. The van der Waals surface area contributed by atoms with Gasteiger partial charge in [-0.25, -0.2) is 27.4 Å². The minimum Gasteiger partial charge on any atom is -0.369 e. The van der Waals surface area contributed by atoms with Crippen LogP contribution in [0.3, 0.4) is 0 Å². The highest BCUT2D eigenvalue weighted by Crippen LogP contribution is 2.18. The van der Waals surface area contributed by atoms with Gasteiger partial charge in [0.25, 0.3) is 5.91 Å². The second-order valence-electron chi connectivity index (χ2n) is 6.82. The minimum atomic E-state index is -3.52. The molecule has 2 heterocycles. The van der Waals surface area contributed by atoms with E-state index < -0.39 is 10.0 Å². The molecule has 0 aliphatic rings. The molecule has 0 fully saturated rings. The Morgan fingerprint density at radius 3 is 2.53 bits per heavy atom. The summed E-state index contributed by atoms with van der Waals surface area (Å²) < 4.78 is 27.1. The highest BCUT2D eigenvalue weighted by Gasteiger charge is 2.17. The van der Waals surface area contributed by atoms with Crippen LogP contribution in [0.5, 0.6) is 0 Å². The van der Waals surface area contributed by atoms with Crippen LogP contribution < -0.4 is 10.6 Å². The third-order valence-corrected chi connectivity index (χ3v) is 6.31. The van der Waals surface area contributed by atoms with Gasteiger partial charge in [-0.05, 0) is 30.7 Å². The molecule has 0 spiro atoms. The maximum absolute atomic E-state index is 12.4. The molecule has 1 amide bonds. The van der Waals surface area contributed by atoms with Crippen molar-refractivity contribution in [3.8, 4) is 0 Å². The molecule has 0 saturated carbocycles. The molecular formula is C19H25N7O3S. The van der Waals surface area contributed by atoms with Crippen LogP contribution in [-0.4, -0.2) is 65.6 Å². The van der Waals surface area contributed by atoms with Crippen LogP contribution in [0.2, 0.25) is 0 Å². The molecule has 2 N–H and O–H groups in total. The SMILES string of the molecule is CCCNc1ncnc2c1cnn2CCNC(=O)c1ccc(S(=O)(=O)N(C)C)cc1. The van der Waals surface area contributed by atoms with Crippen molar-refractivity contribution in [2.45, 2.75) is 24.8 Å². The predicted molar refractivity (Wildman–Crippen MR) is 114 cm³/mol. The van der Waals surface area contributed by atoms with Crippen LogP contribution >= 0.6 is 0 Å². The fourth-order valence-corrected chi connectivity index (χ4v) is 3.71. The molecule has 1 aromatic carbocycles. The molecule has 0 saturated heterocycles. The number of sulfonamides is 1. The molecular weight excluding hydrogens is 406 g/mol. The summed E-state index contributed by atoms with van der Waals surface area (Å²) in [5, 5.41) is 11.2. The number of nitrogens with one attached hydrogen (secondary N) is 2. The number of benzene rings is 1. The van der Waals surface area contributed by atoms with Crippen LogP contribution in [0, 0.1) is 0 Å². The lowest BCUT2D eigenvalue weighted by Gasteiger charge is -2.11. The smallest absolute Gasteiger partial charge is 0.251 e. The number of nitrogens with zero attached hydrogens (tertiary/aromatic N) is 5. The van der Waals surface area contributed by atoms with Gasteiger partial charge in [-0.3, -0.25) is 4.79 Å². The van der Waals surface area contributed by atoms with Gasteiger partial charge in [0.1, 0.15) is 12.1 Å². The Hall–Kier alpha value is -3.05. The van der Waals surface area contributed by atoms with E-state index in [1.165, 1.54) is 44.7 Å². The highest BCUT2D eigenvalue weighted by molar-refractivity contribution is 7.89. The van der Waals surface area contributed by atoms with Crippen LogP contribution in [0.4, 0.5) is 5.82 Å². The van der Waals surface area contributed by atoms with Gasteiger partial charge in [-0.15, -0.1) is 0 Å². The summed E-state index contributed by atoms with van der Waals surface area (Å²) in [6.07, 6.45) is 4.17. The number of carbonyl (C=O) groups excluding carboxylic acids is 1. The molecule has 3 rings (SSSR count). The van der Waals surface area contributed by atoms with Gasteiger partial charge < -0.3 is 10.6 Å². The Bertz CT molecular complexity index is 1120. The lowest BCUT2D eigenvalue weighted by molar-refractivity contribution is 0.0952. The topological polar surface area (TPSA) is 122 Å². The van der Waals surface area contributed by atoms with E-state index in [1.807, 2.05) is 0 Å². The number of hydrogen-bond acceptors (Lipinski definition) is 7. The summed E-state index contributed by atoms with van der Waals surface area (Å²) in [5.41, 5.74) is 1.07. The van der Waals surface area contributed by atoms with Gasteiger partial charge in [0.2, 0.25) is 10.0 Å². The number of carbonyl (C=O) groups is 1. The maximum Gasteiger partial charge on any atom is 0.251 e. The fourth-order valence-electron chi connectivity index (χ4n) is 2.81. The van der Waals surface area contributed by atoms with Crippen LogP contribution in [-0.2, 0) is 16.6 Å². The fraction of sp³-hybridized carbons (Fsp3) is 0.368. The standard InChI is InChI=1S/C19H25N7O3S/c1-4-9-20-17-16-12-24-26(18(16)23-13-22-17)11-10-21-19(27)14-5-7-15(8-6-14)30(28,29)25(2)3/h5-8,12-13H,4,9-11H2,1-3H3,(H,21,27)(H,20,22,23). The summed E-state index contributed by atoms with van der Waals surface area (Å²) in [4.78, 5) is 21.0. The van der Waals surface area contributed by atoms with Gasteiger partial charge in [0.05, 0.1) is 23.0 Å². The lowest BCUT2D eigenvalue weighted by atomic mass is 10.2. The first-order chi connectivity index (χ1) is 14.3. The summed E-state index contributed by atoms with van der Waals surface area (Å²) in [5.74, 6) is 0.449. The number of aromatic nitrogens is 4. The van der Waals surface area contributed by atoms with Crippen molar-refractivity contribution in [3.63, 3.8) is 0 Å². The number of anilines is 1. The molecule has 160 valence electrons. The van der Waals surface area contributed by atoms with Crippen molar-refractivity contribution in [2.24, 2.45) is 0 Å². The first-order valence-corrected chi connectivity index (χ1v) is 11.0. The first kappa shape index (κ1) is 21.7. The first-order valence-electron chi connectivity index (χ1n) is 9.55. The van der Waals surface area contributed by atoms with E-state index in [0.717, 1.165) is 28.5 Å². The van der Waals surface area contributed by atoms with Crippen molar-refractivity contribution < 1.29 is 13.2 Å². The van der Waals surface area contributed by atoms with E-state index in [4.69, 9.17) is 0 Å². The van der Waals surface area contributed by atoms with Crippen LogP contribution in [0.25, 0.3) is 11.0 Å². The van der Waals surface area contributed by atoms with Crippen LogP contribution in [0.1, 0.15) is 23.7 Å². The number of fused-ring (bicyclic) bond motifs is 1. The van der Waals surface area contributed by atoms with Gasteiger partial charge in [0.15, 0.2) is 5.65 Å². The molecule has 2 aromatic heterocycles. The monoisotopic (exact) mass is 431 g/mol.